The molecule has 0 atom stereocenters. The Kier molecular flexibility index (Phi) is 5.16. The van der Waals surface area contributed by atoms with Crippen molar-refractivity contribution in [3.8, 4) is 11.1 Å². The fourth-order valence-corrected chi connectivity index (χ4v) is 2.38. The highest BCUT2D eigenvalue weighted by Crippen LogP contribution is 2.26. The van der Waals surface area contributed by atoms with E-state index >= 15 is 0 Å². The number of nitrogens with one attached hydrogen (secondary N) is 1. The van der Waals surface area contributed by atoms with Gasteiger partial charge in [-0.25, -0.2) is 4.39 Å². The standard InChI is InChI=1S/C17H19ClFN/c1-3-6-20-11-15-9-13(4-5-17(15)18)14-7-12(2)8-16(19)10-14/h4-5,7-10,20H,3,6,11H2,1-2H3. The molecule has 0 aliphatic carbocycles. The Bertz CT molecular complexity index is 575. The summed E-state index contributed by atoms with van der Waals surface area (Å²) in [5.74, 6) is -0.208. The molecule has 3 heteroatoms. The molecule has 0 aliphatic heterocycles. The van der Waals surface area contributed by atoms with E-state index in [-0.39, 0.29) is 5.82 Å². The molecule has 0 unspecified atom stereocenters. The van der Waals surface area contributed by atoms with Crippen LogP contribution in [-0.4, -0.2) is 6.54 Å². The highest BCUT2D eigenvalue weighted by molar-refractivity contribution is 6.31. The lowest BCUT2D eigenvalue weighted by Gasteiger charge is -2.10. The minimum Gasteiger partial charge on any atom is -0.313 e. The number of aryl methyl sites for hydroxylation is 1. The van der Waals surface area contributed by atoms with Crippen LogP contribution in [0.2, 0.25) is 5.02 Å². The van der Waals surface area contributed by atoms with E-state index in [1.807, 2.05) is 31.2 Å². The number of hydrogen-bond donors (Lipinski definition) is 1. The van der Waals surface area contributed by atoms with E-state index in [4.69, 9.17) is 11.6 Å². The van der Waals surface area contributed by atoms with Gasteiger partial charge in [0.2, 0.25) is 0 Å². The molecule has 0 spiro atoms. The van der Waals surface area contributed by atoms with Crippen molar-refractivity contribution in [2.75, 3.05) is 6.54 Å². The van der Waals surface area contributed by atoms with E-state index in [0.717, 1.165) is 46.8 Å². The third kappa shape index (κ3) is 3.81. The highest BCUT2D eigenvalue weighted by Gasteiger charge is 2.05. The molecule has 0 saturated heterocycles. The molecular formula is C17H19ClFN. The molecule has 1 nitrogen and oxygen atoms in total. The zero-order valence-corrected chi connectivity index (χ0v) is 12.6. The average Bonchev–Trinajstić information content (AvgIpc) is 2.40. The lowest BCUT2D eigenvalue weighted by molar-refractivity contribution is 0.627. The van der Waals surface area contributed by atoms with Gasteiger partial charge in [-0.1, -0.05) is 30.7 Å². The molecule has 2 rings (SSSR count). The molecular weight excluding hydrogens is 273 g/mol. The molecule has 0 saturated carbocycles. The average molecular weight is 292 g/mol. The first-order valence-electron chi connectivity index (χ1n) is 6.87. The van der Waals surface area contributed by atoms with Gasteiger partial charge < -0.3 is 5.32 Å². The molecule has 20 heavy (non-hydrogen) atoms. The number of benzene rings is 2. The van der Waals surface area contributed by atoms with Gasteiger partial charge in [0.05, 0.1) is 0 Å². The topological polar surface area (TPSA) is 12.0 Å². The van der Waals surface area contributed by atoms with Crippen LogP contribution >= 0.6 is 11.6 Å². The van der Waals surface area contributed by atoms with Crippen molar-refractivity contribution in [3.63, 3.8) is 0 Å². The third-order valence-corrected chi connectivity index (χ3v) is 3.53. The summed E-state index contributed by atoms with van der Waals surface area (Å²) in [6, 6.07) is 10.9. The molecule has 2 aromatic carbocycles. The summed E-state index contributed by atoms with van der Waals surface area (Å²) in [5, 5.41) is 4.08. The number of rotatable bonds is 5. The molecule has 1 N–H and O–H groups in total. The fraction of sp³-hybridized carbons (Fsp3) is 0.294. The van der Waals surface area contributed by atoms with Gasteiger partial charge in [0.15, 0.2) is 0 Å². The van der Waals surface area contributed by atoms with E-state index in [1.165, 1.54) is 6.07 Å². The van der Waals surface area contributed by atoms with E-state index in [9.17, 15) is 4.39 Å². The number of halogens is 2. The molecule has 0 fully saturated rings. The van der Waals surface area contributed by atoms with E-state index in [2.05, 4.69) is 12.2 Å². The first-order chi connectivity index (χ1) is 9.60. The second kappa shape index (κ2) is 6.87. The summed E-state index contributed by atoms with van der Waals surface area (Å²) < 4.78 is 13.5. The Morgan fingerprint density at radius 1 is 1.10 bits per heavy atom. The van der Waals surface area contributed by atoms with Crippen molar-refractivity contribution in [1.82, 2.24) is 5.32 Å². The van der Waals surface area contributed by atoms with Crippen molar-refractivity contribution in [3.05, 3.63) is 58.4 Å². The van der Waals surface area contributed by atoms with Crippen LogP contribution < -0.4 is 5.32 Å². The minimum atomic E-state index is -0.208. The maximum absolute atomic E-state index is 13.5. The summed E-state index contributed by atoms with van der Waals surface area (Å²) in [4.78, 5) is 0. The van der Waals surface area contributed by atoms with Gasteiger partial charge in [0.25, 0.3) is 0 Å². The van der Waals surface area contributed by atoms with Crippen molar-refractivity contribution < 1.29 is 4.39 Å². The van der Waals surface area contributed by atoms with Crippen LogP contribution in [0.5, 0.6) is 0 Å². The van der Waals surface area contributed by atoms with Gasteiger partial charge in [0.1, 0.15) is 5.82 Å². The van der Waals surface area contributed by atoms with Crippen molar-refractivity contribution >= 4 is 11.6 Å². The monoisotopic (exact) mass is 291 g/mol. The van der Waals surface area contributed by atoms with E-state index in [0.29, 0.717) is 0 Å². The Labute approximate surface area is 124 Å². The Morgan fingerprint density at radius 3 is 2.60 bits per heavy atom. The fourth-order valence-electron chi connectivity index (χ4n) is 2.19. The summed E-state index contributed by atoms with van der Waals surface area (Å²) in [6.45, 7) is 5.71. The zero-order valence-electron chi connectivity index (χ0n) is 11.8. The predicted molar refractivity (Wildman–Crippen MR) is 83.6 cm³/mol. The largest absolute Gasteiger partial charge is 0.313 e. The van der Waals surface area contributed by atoms with E-state index in [1.54, 1.807) is 6.07 Å². The van der Waals surface area contributed by atoms with Crippen LogP contribution in [0.4, 0.5) is 4.39 Å². The van der Waals surface area contributed by atoms with Crippen molar-refractivity contribution in [2.24, 2.45) is 0 Å². The second-order valence-electron chi connectivity index (χ2n) is 5.00. The van der Waals surface area contributed by atoms with Crippen molar-refractivity contribution in [1.29, 1.82) is 0 Å². The van der Waals surface area contributed by atoms with Crippen LogP contribution in [0.15, 0.2) is 36.4 Å². The predicted octanol–water partition coefficient (Wildman–Crippen LogP) is 4.95. The molecule has 2 aromatic rings. The lowest BCUT2D eigenvalue weighted by atomic mass is 10.0. The van der Waals surface area contributed by atoms with Crippen LogP contribution in [0, 0.1) is 12.7 Å². The molecule has 0 radical (unpaired) electrons. The Morgan fingerprint density at radius 2 is 1.90 bits per heavy atom. The minimum absolute atomic E-state index is 0.208. The molecule has 0 aliphatic rings. The van der Waals surface area contributed by atoms with E-state index < -0.39 is 0 Å². The molecule has 106 valence electrons. The SMILES string of the molecule is CCCNCc1cc(-c2cc(C)cc(F)c2)ccc1Cl. The highest BCUT2D eigenvalue weighted by atomic mass is 35.5. The molecule has 0 bridgehead atoms. The number of hydrogen-bond acceptors (Lipinski definition) is 1. The lowest BCUT2D eigenvalue weighted by Crippen LogP contribution is -2.14. The Balaban J connectivity index is 2.30. The Hall–Kier alpha value is -1.38. The maximum atomic E-state index is 13.5. The van der Waals surface area contributed by atoms with Gasteiger partial charge >= 0.3 is 0 Å². The van der Waals surface area contributed by atoms with Gasteiger partial charge in [-0.3, -0.25) is 0 Å². The zero-order chi connectivity index (χ0) is 14.5. The quantitative estimate of drug-likeness (QED) is 0.768. The van der Waals surface area contributed by atoms with Crippen LogP contribution in [0.3, 0.4) is 0 Å². The van der Waals surface area contributed by atoms with Gasteiger partial charge in [0, 0.05) is 11.6 Å². The molecule has 0 amide bonds. The van der Waals surface area contributed by atoms with Crippen molar-refractivity contribution in [2.45, 2.75) is 26.8 Å². The molecule has 0 heterocycles. The van der Waals surface area contributed by atoms with Crippen LogP contribution in [0.1, 0.15) is 24.5 Å². The second-order valence-corrected chi connectivity index (χ2v) is 5.41. The van der Waals surface area contributed by atoms with Gasteiger partial charge in [-0.2, -0.15) is 0 Å². The summed E-state index contributed by atoms with van der Waals surface area (Å²) >= 11 is 6.21. The molecule has 0 aromatic heterocycles. The van der Waals surface area contributed by atoms with Crippen LogP contribution in [0.25, 0.3) is 11.1 Å². The van der Waals surface area contributed by atoms with Gasteiger partial charge in [-0.05, 0) is 66.4 Å². The normalized spacial score (nSPS) is 10.8. The van der Waals surface area contributed by atoms with Gasteiger partial charge in [-0.15, -0.1) is 0 Å². The summed E-state index contributed by atoms with van der Waals surface area (Å²) in [7, 11) is 0. The summed E-state index contributed by atoms with van der Waals surface area (Å²) in [6.07, 6.45) is 1.08. The first-order valence-corrected chi connectivity index (χ1v) is 7.24. The maximum Gasteiger partial charge on any atom is 0.124 e. The summed E-state index contributed by atoms with van der Waals surface area (Å²) in [5.41, 5.74) is 3.83. The first kappa shape index (κ1) is 15.0. The third-order valence-electron chi connectivity index (χ3n) is 3.16. The van der Waals surface area contributed by atoms with Crippen LogP contribution in [-0.2, 0) is 6.54 Å². The smallest absolute Gasteiger partial charge is 0.124 e.